The van der Waals surface area contributed by atoms with E-state index in [1.165, 1.54) is 5.56 Å². The summed E-state index contributed by atoms with van der Waals surface area (Å²) in [5.74, 6) is 0. The van der Waals surface area contributed by atoms with Crippen molar-refractivity contribution in [3.63, 3.8) is 0 Å². The van der Waals surface area contributed by atoms with Crippen LogP contribution in [0.2, 0.25) is 0 Å². The molecule has 0 aliphatic carbocycles. The first-order valence-electron chi connectivity index (χ1n) is 4.87. The third kappa shape index (κ3) is 2.61. The Kier molecular flexibility index (Phi) is 4.21. The van der Waals surface area contributed by atoms with E-state index >= 15 is 0 Å². The predicted octanol–water partition coefficient (Wildman–Crippen LogP) is 2.93. The normalized spacial score (nSPS) is 14.8. The maximum absolute atomic E-state index is 11.3. The minimum Gasteiger partial charge on any atom is -0.238 e. The summed E-state index contributed by atoms with van der Waals surface area (Å²) < 4.78 is 0. The maximum Gasteiger partial charge on any atom is 0.328 e. The summed E-state index contributed by atoms with van der Waals surface area (Å²) >= 11 is 0. The Morgan fingerprint density at radius 2 is 1.93 bits per heavy atom. The van der Waals surface area contributed by atoms with Crippen molar-refractivity contribution >= 4 is 16.0 Å². The molecule has 0 N–H and O–H groups in total. The van der Waals surface area contributed by atoms with Gasteiger partial charge in [-0.3, -0.25) is 0 Å². The first-order valence-corrected chi connectivity index (χ1v) is 6.56. The van der Waals surface area contributed by atoms with Crippen LogP contribution < -0.4 is 0 Å². The molecule has 0 bridgehead atoms. The molecule has 0 aromatic heterocycles. The van der Waals surface area contributed by atoms with Gasteiger partial charge in [0.05, 0.1) is 10.9 Å². The largest absolute Gasteiger partial charge is 0.328 e. The summed E-state index contributed by atoms with van der Waals surface area (Å²) in [7, 11) is -0.149. The van der Waals surface area contributed by atoms with E-state index in [0.717, 1.165) is 6.42 Å². The summed E-state index contributed by atoms with van der Waals surface area (Å²) in [6.07, 6.45) is 3.08. The Morgan fingerprint density at radius 1 is 1.36 bits per heavy atom. The first-order chi connectivity index (χ1) is 6.66. The van der Waals surface area contributed by atoms with Crippen molar-refractivity contribution in [3.8, 4) is 0 Å². The molecular formula is C12H17OS+. The van der Waals surface area contributed by atoms with Crippen LogP contribution in [0.25, 0.3) is 0 Å². The lowest BCUT2D eigenvalue weighted by molar-refractivity contribution is -0.109. The highest BCUT2D eigenvalue weighted by Gasteiger charge is 2.30. The van der Waals surface area contributed by atoms with Crippen molar-refractivity contribution in [2.24, 2.45) is 0 Å². The van der Waals surface area contributed by atoms with Gasteiger partial charge in [0.1, 0.15) is 6.26 Å². The van der Waals surface area contributed by atoms with E-state index in [2.05, 4.69) is 19.1 Å². The number of benzene rings is 1. The van der Waals surface area contributed by atoms with Gasteiger partial charge >= 0.3 is 5.12 Å². The molecule has 0 saturated heterocycles. The van der Waals surface area contributed by atoms with Crippen LogP contribution >= 0.6 is 0 Å². The fraction of sp³-hybridized carbons (Fsp3) is 0.417. The summed E-state index contributed by atoms with van der Waals surface area (Å²) in [5.41, 5.74) is 1.29. The lowest BCUT2D eigenvalue weighted by Crippen LogP contribution is -2.18. The van der Waals surface area contributed by atoms with Gasteiger partial charge in [0.15, 0.2) is 5.25 Å². The van der Waals surface area contributed by atoms with Crippen LogP contribution in [-0.2, 0) is 15.7 Å². The van der Waals surface area contributed by atoms with Crippen molar-refractivity contribution in [1.29, 1.82) is 0 Å². The monoisotopic (exact) mass is 209 g/mol. The summed E-state index contributed by atoms with van der Waals surface area (Å²) in [6, 6.07) is 10.3. The molecule has 2 heteroatoms. The summed E-state index contributed by atoms with van der Waals surface area (Å²) in [4.78, 5) is 11.3. The molecule has 0 spiro atoms. The van der Waals surface area contributed by atoms with Crippen molar-refractivity contribution < 1.29 is 4.79 Å². The van der Waals surface area contributed by atoms with Crippen LogP contribution in [-0.4, -0.2) is 11.4 Å². The number of hydrogen-bond acceptors (Lipinski definition) is 1. The van der Waals surface area contributed by atoms with E-state index in [0.29, 0.717) is 10.4 Å². The number of carbonyl (C=O) groups is 1. The molecule has 0 heterocycles. The molecule has 0 aliphatic rings. The Morgan fingerprint density at radius 3 is 2.36 bits per heavy atom. The van der Waals surface area contributed by atoms with E-state index < -0.39 is 0 Å². The molecule has 0 fully saturated rings. The zero-order valence-corrected chi connectivity index (χ0v) is 9.80. The fourth-order valence-corrected chi connectivity index (χ4v) is 3.02. The van der Waals surface area contributed by atoms with Crippen LogP contribution in [0.5, 0.6) is 0 Å². The van der Waals surface area contributed by atoms with E-state index in [1.54, 1.807) is 6.92 Å². The quantitative estimate of drug-likeness (QED) is 0.700. The number of hydrogen-bond donors (Lipinski definition) is 0. The number of carbonyl (C=O) groups excluding carboxylic acids is 1. The molecule has 2 unspecified atom stereocenters. The highest BCUT2D eigenvalue weighted by atomic mass is 32.2. The maximum atomic E-state index is 11.3. The first kappa shape index (κ1) is 11.3. The smallest absolute Gasteiger partial charge is 0.238 e. The molecule has 1 aromatic carbocycles. The third-order valence-corrected chi connectivity index (χ3v) is 4.79. The van der Waals surface area contributed by atoms with Gasteiger partial charge < -0.3 is 0 Å². The highest BCUT2D eigenvalue weighted by Crippen LogP contribution is 2.26. The average Bonchev–Trinajstić information content (AvgIpc) is 2.20. The van der Waals surface area contributed by atoms with Crippen molar-refractivity contribution in [3.05, 3.63) is 35.9 Å². The van der Waals surface area contributed by atoms with Gasteiger partial charge in [-0.05, 0) is 6.42 Å². The van der Waals surface area contributed by atoms with Gasteiger partial charge in [-0.15, -0.1) is 0 Å². The second-order valence-corrected chi connectivity index (χ2v) is 5.62. The van der Waals surface area contributed by atoms with E-state index in [9.17, 15) is 4.79 Å². The highest BCUT2D eigenvalue weighted by molar-refractivity contribution is 8.10. The molecule has 14 heavy (non-hydrogen) atoms. The molecule has 0 amide bonds. The Bertz CT molecular complexity index is 294. The zero-order valence-electron chi connectivity index (χ0n) is 8.99. The van der Waals surface area contributed by atoms with Crippen LogP contribution in [0.1, 0.15) is 31.1 Å². The molecule has 0 radical (unpaired) electrons. The minimum absolute atomic E-state index is 0.149. The lowest BCUT2D eigenvalue weighted by Gasteiger charge is -2.11. The third-order valence-electron chi connectivity index (χ3n) is 2.42. The van der Waals surface area contributed by atoms with Crippen LogP contribution in [0.4, 0.5) is 0 Å². The van der Waals surface area contributed by atoms with Gasteiger partial charge in [-0.1, -0.05) is 37.3 Å². The molecule has 0 aliphatic heterocycles. The molecular weight excluding hydrogens is 192 g/mol. The van der Waals surface area contributed by atoms with E-state index in [-0.39, 0.29) is 10.9 Å². The van der Waals surface area contributed by atoms with Crippen molar-refractivity contribution in [1.82, 2.24) is 0 Å². The molecule has 76 valence electrons. The molecule has 1 aromatic rings. The molecule has 2 atom stereocenters. The lowest BCUT2D eigenvalue weighted by atomic mass is 10.1. The van der Waals surface area contributed by atoms with Crippen LogP contribution in [0.3, 0.4) is 0 Å². The van der Waals surface area contributed by atoms with Gasteiger partial charge in [0.25, 0.3) is 0 Å². The minimum atomic E-state index is -0.149. The standard InChI is InChI=1S/C12H17OS/c1-4-12(14(3)10(2)13)11-8-6-5-7-9-11/h5-9,12H,4H2,1-3H3/q+1. The topological polar surface area (TPSA) is 17.1 Å². The predicted molar refractivity (Wildman–Crippen MR) is 63.4 cm³/mol. The Balaban J connectivity index is 2.87. The fourth-order valence-electron chi connectivity index (χ4n) is 1.56. The SMILES string of the molecule is CCC(c1ccccc1)[S+](C)C(C)=O. The van der Waals surface area contributed by atoms with Crippen LogP contribution in [0, 0.1) is 0 Å². The summed E-state index contributed by atoms with van der Waals surface area (Å²) in [5, 5.41) is 0.703. The molecule has 1 rings (SSSR count). The summed E-state index contributed by atoms with van der Waals surface area (Å²) in [6.45, 7) is 3.83. The van der Waals surface area contributed by atoms with Gasteiger partial charge in [0, 0.05) is 12.5 Å². The van der Waals surface area contributed by atoms with Gasteiger partial charge in [0.2, 0.25) is 0 Å². The zero-order chi connectivity index (χ0) is 10.6. The van der Waals surface area contributed by atoms with Gasteiger partial charge in [-0.2, -0.15) is 0 Å². The Hall–Kier alpha value is -0.760. The van der Waals surface area contributed by atoms with Crippen molar-refractivity contribution in [2.45, 2.75) is 25.5 Å². The van der Waals surface area contributed by atoms with Crippen molar-refractivity contribution in [2.75, 3.05) is 6.26 Å². The average molecular weight is 209 g/mol. The number of rotatable bonds is 3. The second kappa shape index (κ2) is 5.20. The van der Waals surface area contributed by atoms with Crippen LogP contribution in [0.15, 0.2) is 30.3 Å². The second-order valence-electron chi connectivity index (χ2n) is 3.36. The van der Waals surface area contributed by atoms with E-state index in [1.807, 2.05) is 24.5 Å². The van der Waals surface area contributed by atoms with Gasteiger partial charge in [-0.25, -0.2) is 4.79 Å². The van der Waals surface area contributed by atoms with E-state index in [4.69, 9.17) is 0 Å². The Labute approximate surface area is 88.9 Å². The molecule has 0 saturated carbocycles. The molecule has 1 nitrogen and oxygen atoms in total.